The Hall–Kier alpha value is -4.06. The van der Waals surface area contributed by atoms with Gasteiger partial charge in [0.05, 0.1) is 32.0 Å². The van der Waals surface area contributed by atoms with Crippen LogP contribution in [-0.4, -0.2) is 29.9 Å². The van der Waals surface area contributed by atoms with E-state index in [1.54, 1.807) is 43.3 Å². The molecule has 4 aromatic rings. The SMILES string of the molecule is COc1ccc(OC)c(NC(=O)c2cn(Cc3ccccc3)nc2-c2ccc(C)cc2)c1. The molecule has 0 aliphatic heterocycles. The Morgan fingerprint density at radius 3 is 2.41 bits per heavy atom. The summed E-state index contributed by atoms with van der Waals surface area (Å²) in [7, 11) is 3.14. The van der Waals surface area contributed by atoms with Gasteiger partial charge >= 0.3 is 0 Å². The lowest BCUT2D eigenvalue weighted by atomic mass is 10.1. The molecule has 0 saturated heterocycles. The second kappa shape index (κ2) is 9.39. The van der Waals surface area contributed by atoms with Crippen LogP contribution in [0.1, 0.15) is 21.5 Å². The lowest BCUT2D eigenvalue weighted by Gasteiger charge is -2.11. The molecule has 1 N–H and O–H groups in total. The summed E-state index contributed by atoms with van der Waals surface area (Å²) in [5.41, 5.74) is 4.76. The molecule has 1 aromatic heterocycles. The summed E-state index contributed by atoms with van der Waals surface area (Å²) in [5.74, 6) is 0.902. The number of aryl methyl sites for hydroxylation is 1. The fraction of sp³-hybridized carbons (Fsp3) is 0.154. The lowest BCUT2D eigenvalue weighted by molar-refractivity contribution is 0.102. The van der Waals surface area contributed by atoms with Crippen LogP contribution in [-0.2, 0) is 6.54 Å². The summed E-state index contributed by atoms with van der Waals surface area (Å²) in [6.45, 7) is 2.59. The minimum atomic E-state index is -0.272. The molecule has 1 heterocycles. The first-order chi connectivity index (χ1) is 15.6. The average molecular weight is 428 g/mol. The van der Waals surface area contributed by atoms with Gasteiger partial charge in [-0.2, -0.15) is 5.10 Å². The monoisotopic (exact) mass is 427 g/mol. The summed E-state index contributed by atoms with van der Waals surface area (Å²) in [4.78, 5) is 13.3. The van der Waals surface area contributed by atoms with E-state index < -0.39 is 0 Å². The Morgan fingerprint density at radius 2 is 1.72 bits per heavy atom. The standard InChI is InChI=1S/C26H25N3O3/c1-18-9-11-20(12-10-18)25-22(17-29(28-25)16-19-7-5-4-6-8-19)26(30)27-23-15-21(31-2)13-14-24(23)32-3/h4-15,17H,16H2,1-3H3,(H,27,30). The summed E-state index contributed by atoms with van der Waals surface area (Å²) in [6.07, 6.45) is 1.78. The summed E-state index contributed by atoms with van der Waals surface area (Å²) in [6, 6.07) is 23.3. The normalized spacial score (nSPS) is 10.6. The highest BCUT2D eigenvalue weighted by Crippen LogP contribution is 2.30. The first kappa shape index (κ1) is 21.2. The van der Waals surface area contributed by atoms with Crippen LogP contribution < -0.4 is 14.8 Å². The Morgan fingerprint density at radius 1 is 0.969 bits per heavy atom. The minimum Gasteiger partial charge on any atom is -0.497 e. The zero-order chi connectivity index (χ0) is 22.5. The highest BCUT2D eigenvalue weighted by molar-refractivity contribution is 6.08. The van der Waals surface area contributed by atoms with Crippen LogP contribution in [0.25, 0.3) is 11.3 Å². The Bertz CT molecular complexity index is 1220. The van der Waals surface area contributed by atoms with Crippen molar-refractivity contribution in [3.8, 4) is 22.8 Å². The molecule has 6 heteroatoms. The maximum absolute atomic E-state index is 13.3. The molecular weight excluding hydrogens is 402 g/mol. The molecule has 1 amide bonds. The fourth-order valence-corrected chi connectivity index (χ4v) is 3.47. The number of anilines is 1. The fourth-order valence-electron chi connectivity index (χ4n) is 3.47. The highest BCUT2D eigenvalue weighted by atomic mass is 16.5. The van der Waals surface area contributed by atoms with Crippen molar-refractivity contribution in [2.75, 3.05) is 19.5 Å². The number of carbonyl (C=O) groups excluding carboxylic acids is 1. The number of benzene rings is 3. The number of hydrogen-bond donors (Lipinski definition) is 1. The van der Waals surface area contributed by atoms with Gasteiger partial charge in [-0.1, -0.05) is 60.2 Å². The third-order valence-corrected chi connectivity index (χ3v) is 5.17. The van der Waals surface area contributed by atoms with E-state index >= 15 is 0 Å². The van der Waals surface area contributed by atoms with Crippen molar-refractivity contribution in [1.29, 1.82) is 0 Å². The van der Waals surface area contributed by atoms with Crippen LogP contribution >= 0.6 is 0 Å². The van der Waals surface area contributed by atoms with Gasteiger partial charge < -0.3 is 14.8 Å². The molecule has 32 heavy (non-hydrogen) atoms. The molecule has 0 spiro atoms. The van der Waals surface area contributed by atoms with Crippen LogP contribution in [0.3, 0.4) is 0 Å². The highest BCUT2D eigenvalue weighted by Gasteiger charge is 2.20. The number of methoxy groups -OCH3 is 2. The van der Waals surface area contributed by atoms with E-state index in [9.17, 15) is 4.79 Å². The predicted molar refractivity (Wildman–Crippen MR) is 125 cm³/mol. The molecule has 6 nitrogen and oxygen atoms in total. The van der Waals surface area contributed by atoms with E-state index in [1.807, 2.05) is 61.5 Å². The third kappa shape index (κ3) is 4.64. The van der Waals surface area contributed by atoms with E-state index in [4.69, 9.17) is 14.6 Å². The van der Waals surface area contributed by atoms with Crippen molar-refractivity contribution >= 4 is 11.6 Å². The number of aromatic nitrogens is 2. The van der Waals surface area contributed by atoms with Gasteiger partial charge in [-0.3, -0.25) is 9.48 Å². The molecule has 3 aromatic carbocycles. The van der Waals surface area contributed by atoms with Gasteiger partial charge in [0.15, 0.2) is 0 Å². The van der Waals surface area contributed by atoms with Gasteiger partial charge in [0.2, 0.25) is 0 Å². The predicted octanol–water partition coefficient (Wildman–Crippen LogP) is 5.18. The largest absolute Gasteiger partial charge is 0.497 e. The Kier molecular flexibility index (Phi) is 6.22. The molecular formula is C26H25N3O3. The molecule has 4 rings (SSSR count). The third-order valence-electron chi connectivity index (χ3n) is 5.17. The molecule has 0 radical (unpaired) electrons. The Labute approximate surface area is 187 Å². The number of ether oxygens (including phenoxy) is 2. The molecule has 0 aliphatic carbocycles. The molecule has 0 atom stereocenters. The number of hydrogen-bond acceptors (Lipinski definition) is 4. The van der Waals surface area contributed by atoms with E-state index in [0.29, 0.717) is 35.0 Å². The first-order valence-corrected chi connectivity index (χ1v) is 10.3. The second-order valence-corrected chi connectivity index (χ2v) is 7.46. The minimum absolute atomic E-state index is 0.272. The van der Waals surface area contributed by atoms with Crippen LogP contribution in [0.5, 0.6) is 11.5 Å². The Balaban J connectivity index is 1.71. The molecule has 0 aliphatic rings. The summed E-state index contributed by atoms with van der Waals surface area (Å²) >= 11 is 0. The second-order valence-electron chi connectivity index (χ2n) is 7.46. The average Bonchev–Trinajstić information content (AvgIpc) is 3.24. The number of carbonyl (C=O) groups is 1. The molecule has 0 bridgehead atoms. The van der Waals surface area contributed by atoms with Gasteiger partial charge in [-0.15, -0.1) is 0 Å². The summed E-state index contributed by atoms with van der Waals surface area (Å²) in [5, 5.41) is 7.70. The van der Waals surface area contributed by atoms with Crippen LogP contribution in [0, 0.1) is 6.92 Å². The van der Waals surface area contributed by atoms with E-state index in [0.717, 1.165) is 16.7 Å². The molecule has 0 saturated carbocycles. The molecule has 0 fully saturated rings. The number of rotatable bonds is 7. The van der Waals surface area contributed by atoms with Gasteiger partial charge in [0, 0.05) is 17.8 Å². The van der Waals surface area contributed by atoms with Crippen molar-refractivity contribution in [2.24, 2.45) is 0 Å². The lowest BCUT2D eigenvalue weighted by Crippen LogP contribution is -2.13. The van der Waals surface area contributed by atoms with Crippen LogP contribution in [0.15, 0.2) is 79.0 Å². The van der Waals surface area contributed by atoms with Gasteiger partial charge in [0.25, 0.3) is 5.91 Å². The van der Waals surface area contributed by atoms with Crippen LogP contribution in [0.2, 0.25) is 0 Å². The van der Waals surface area contributed by atoms with Crippen molar-refractivity contribution in [3.05, 3.63) is 95.7 Å². The van der Waals surface area contributed by atoms with E-state index in [2.05, 4.69) is 5.32 Å². The maximum atomic E-state index is 13.3. The topological polar surface area (TPSA) is 65.4 Å². The zero-order valence-corrected chi connectivity index (χ0v) is 18.3. The van der Waals surface area contributed by atoms with Crippen molar-refractivity contribution < 1.29 is 14.3 Å². The maximum Gasteiger partial charge on any atom is 0.259 e. The first-order valence-electron chi connectivity index (χ1n) is 10.3. The smallest absolute Gasteiger partial charge is 0.259 e. The van der Waals surface area contributed by atoms with Gasteiger partial charge in [0.1, 0.15) is 17.2 Å². The quantitative estimate of drug-likeness (QED) is 0.442. The van der Waals surface area contributed by atoms with Gasteiger partial charge in [-0.05, 0) is 24.6 Å². The number of nitrogens with zero attached hydrogens (tertiary/aromatic N) is 2. The number of amides is 1. The van der Waals surface area contributed by atoms with E-state index in [1.165, 1.54) is 0 Å². The van der Waals surface area contributed by atoms with Gasteiger partial charge in [-0.25, -0.2) is 0 Å². The van der Waals surface area contributed by atoms with Crippen molar-refractivity contribution in [3.63, 3.8) is 0 Å². The van der Waals surface area contributed by atoms with Crippen LogP contribution in [0.4, 0.5) is 5.69 Å². The molecule has 0 unspecified atom stereocenters. The van der Waals surface area contributed by atoms with Crippen molar-refractivity contribution in [2.45, 2.75) is 13.5 Å². The number of nitrogens with one attached hydrogen (secondary N) is 1. The van der Waals surface area contributed by atoms with E-state index in [-0.39, 0.29) is 5.91 Å². The zero-order valence-electron chi connectivity index (χ0n) is 18.3. The summed E-state index contributed by atoms with van der Waals surface area (Å²) < 4.78 is 12.5. The van der Waals surface area contributed by atoms with Crippen molar-refractivity contribution in [1.82, 2.24) is 9.78 Å². The molecule has 162 valence electrons.